The number of Topliss-reactive ketones (excluding diaryl/α,β-unsaturated/α-hetero) is 1. The van der Waals surface area contributed by atoms with Gasteiger partial charge in [-0.2, -0.15) is 0 Å². The number of carbonyl (C=O) groups is 3. The van der Waals surface area contributed by atoms with Gasteiger partial charge in [-0.3, -0.25) is 9.59 Å². The van der Waals surface area contributed by atoms with Crippen LogP contribution < -0.4 is 5.32 Å². The Kier molecular flexibility index (Phi) is 5.71. The molecule has 1 unspecified atom stereocenters. The lowest BCUT2D eigenvalue weighted by atomic mass is 9.95. The minimum Gasteiger partial charge on any atom is -0.463 e. The summed E-state index contributed by atoms with van der Waals surface area (Å²) >= 11 is 0. The summed E-state index contributed by atoms with van der Waals surface area (Å²) < 4.78 is 4.88. The molecule has 0 aromatic rings. The fourth-order valence-corrected chi connectivity index (χ4v) is 1.31. The van der Waals surface area contributed by atoms with Crippen LogP contribution in [0.3, 0.4) is 0 Å². The van der Waals surface area contributed by atoms with E-state index in [9.17, 15) is 14.4 Å². The molecule has 0 saturated heterocycles. The quantitative estimate of drug-likeness (QED) is 0.684. The van der Waals surface area contributed by atoms with E-state index in [1.165, 1.54) is 20.8 Å². The highest BCUT2D eigenvalue weighted by Gasteiger charge is 2.26. The van der Waals surface area contributed by atoms with Gasteiger partial charge in [-0.05, 0) is 20.3 Å². The van der Waals surface area contributed by atoms with Gasteiger partial charge in [-0.15, -0.1) is 0 Å². The molecule has 92 valence electrons. The molecule has 1 atom stereocenters. The van der Waals surface area contributed by atoms with Crippen LogP contribution in [0.15, 0.2) is 0 Å². The molecular weight excluding hydrogens is 210 g/mol. The van der Waals surface area contributed by atoms with Gasteiger partial charge in [0.15, 0.2) is 0 Å². The number of esters is 1. The van der Waals surface area contributed by atoms with Gasteiger partial charge in [0.05, 0.1) is 5.54 Å². The normalized spacial score (nSPS) is 13.8. The van der Waals surface area contributed by atoms with Crippen LogP contribution >= 0.6 is 0 Å². The van der Waals surface area contributed by atoms with Crippen LogP contribution in [-0.4, -0.2) is 29.8 Å². The summed E-state index contributed by atoms with van der Waals surface area (Å²) in [4.78, 5) is 32.6. The molecule has 0 aliphatic rings. The third kappa shape index (κ3) is 6.98. The summed E-state index contributed by atoms with van der Waals surface area (Å²) in [5.41, 5.74) is -0.677. The molecule has 0 saturated carbocycles. The lowest BCUT2D eigenvalue weighted by Gasteiger charge is -2.29. The van der Waals surface area contributed by atoms with Gasteiger partial charge in [-0.25, -0.2) is 0 Å². The van der Waals surface area contributed by atoms with E-state index in [1.807, 2.05) is 0 Å². The van der Waals surface area contributed by atoms with Gasteiger partial charge in [-0.1, -0.05) is 0 Å². The average Bonchev–Trinajstić information content (AvgIpc) is 2.11. The van der Waals surface area contributed by atoms with Crippen LogP contribution in [-0.2, 0) is 19.1 Å². The summed E-state index contributed by atoms with van der Waals surface area (Å²) in [6.07, 6.45) is 0.799. The van der Waals surface area contributed by atoms with E-state index in [1.54, 1.807) is 6.92 Å². The van der Waals surface area contributed by atoms with Crippen LogP contribution in [0, 0.1) is 0 Å². The highest BCUT2D eigenvalue weighted by Crippen LogP contribution is 2.13. The zero-order chi connectivity index (χ0) is 12.8. The maximum atomic E-state index is 11.0. The monoisotopic (exact) mass is 229 g/mol. The van der Waals surface area contributed by atoms with Crippen molar-refractivity contribution >= 4 is 17.7 Å². The van der Waals surface area contributed by atoms with E-state index in [0.29, 0.717) is 12.8 Å². The maximum absolute atomic E-state index is 11.0. The Morgan fingerprint density at radius 3 is 2.12 bits per heavy atom. The second kappa shape index (κ2) is 6.25. The third-order valence-electron chi connectivity index (χ3n) is 2.10. The van der Waals surface area contributed by atoms with Crippen LogP contribution in [0.4, 0.5) is 0 Å². The summed E-state index contributed by atoms with van der Waals surface area (Å²) in [5, 5.41) is 2.70. The SMILES string of the molecule is CC(=O)CCC(C)(COC(C)=O)NC(C)=O. The van der Waals surface area contributed by atoms with Crippen molar-refractivity contribution in [1.82, 2.24) is 5.32 Å². The lowest BCUT2D eigenvalue weighted by Crippen LogP contribution is -2.49. The number of amides is 1. The Bertz CT molecular complexity index is 268. The first kappa shape index (κ1) is 14.6. The van der Waals surface area contributed by atoms with Gasteiger partial charge in [0.2, 0.25) is 5.91 Å². The van der Waals surface area contributed by atoms with E-state index >= 15 is 0 Å². The van der Waals surface area contributed by atoms with Crippen LogP contribution in [0.5, 0.6) is 0 Å². The summed E-state index contributed by atoms with van der Waals surface area (Å²) in [7, 11) is 0. The molecule has 0 aliphatic heterocycles. The maximum Gasteiger partial charge on any atom is 0.302 e. The first-order valence-corrected chi connectivity index (χ1v) is 5.17. The summed E-state index contributed by atoms with van der Waals surface area (Å²) in [6.45, 7) is 6.01. The zero-order valence-electron chi connectivity index (χ0n) is 10.3. The van der Waals surface area contributed by atoms with Gasteiger partial charge < -0.3 is 14.8 Å². The standard InChI is InChI=1S/C11H19NO4/c1-8(13)5-6-11(4,12-9(2)14)7-16-10(3)15/h5-7H2,1-4H3,(H,12,14). The van der Waals surface area contributed by atoms with Crippen LogP contribution in [0.2, 0.25) is 0 Å². The molecule has 5 heteroatoms. The second-order valence-electron chi connectivity index (χ2n) is 4.22. The Morgan fingerprint density at radius 1 is 1.19 bits per heavy atom. The van der Waals surface area contributed by atoms with E-state index in [4.69, 9.17) is 4.74 Å². The largest absolute Gasteiger partial charge is 0.463 e. The van der Waals surface area contributed by atoms with Gasteiger partial charge in [0.25, 0.3) is 0 Å². The van der Waals surface area contributed by atoms with Gasteiger partial charge >= 0.3 is 5.97 Å². The summed E-state index contributed by atoms with van der Waals surface area (Å²) in [6, 6.07) is 0. The molecular formula is C11H19NO4. The van der Waals surface area contributed by atoms with Gasteiger partial charge in [0.1, 0.15) is 12.4 Å². The van der Waals surface area contributed by atoms with Crippen LogP contribution in [0.25, 0.3) is 0 Å². The number of hydrogen-bond acceptors (Lipinski definition) is 4. The number of rotatable bonds is 6. The summed E-state index contributed by atoms with van der Waals surface area (Å²) in [5.74, 6) is -0.572. The molecule has 0 radical (unpaired) electrons. The minimum atomic E-state index is -0.677. The van der Waals surface area contributed by atoms with Crippen molar-refractivity contribution < 1.29 is 19.1 Å². The molecule has 1 amide bonds. The van der Waals surface area contributed by atoms with Crippen molar-refractivity contribution in [3.63, 3.8) is 0 Å². The Labute approximate surface area is 95.5 Å². The molecule has 0 heterocycles. The number of hydrogen-bond donors (Lipinski definition) is 1. The number of ketones is 1. The highest BCUT2D eigenvalue weighted by atomic mass is 16.5. The molecule has 0 aliphatic carbocycles. The van der Waals surface area contributed by atoms with Crippen molar-refractivity contribution in [3.8, 4) is 0 Å². The first-order chi connectivity index (χ1) is 7.25. The molecule has 16 heavy (non-hydrogen) atoms. The molecule has 0 aromatic carbocycles. The zero-order valence-corrected chi connectivity index (χ0v) is 10.3. The van der Waals surface area contributed by atoms with Crippen molar-refractivity contribution in [2.75, 3.05) is 6.61 Å². The molecule has 0 aromatic heterocycles. The second-order valence-corrected chi connectivity index (χ2v) is 4.22. The molecule has 0 spiro atoms. The topological polar surface area (TPSA) is 72.5 Å². The average molecular weight is 229 g/mol. The first-order valence-electron chi connectivity index (χ1n) is 5.17. The van der Waals surface area contributed by atoms with Gasteiger partial charge in [0, 0.05) is 20.3 Å². The van der Waals surface area contributed by atoms with Crippen molar-refractivity contribution in [3.05, 3.63) is 0 Å². The smallest absolute Gasteiger partial charge is 0.302 e. The number of carbonyl (C=O) groups excluding carboxylic acids is 3. The fourth-order valence-electron chi connectivity index (χ4n) is 1.31. The number of ether oxygens (including phenoxy) is 1. The Morgan fingerprint density at radius 2 is 1.75 bits per heavy atom. The molecule has 5 nitrogen and oxygen atoms in total. The van der Waals surface area contributed by atoms with E-state index in [-0.39, 0.29) is 18.3 Å². The molecule has 0 rings (SSSR count). The van der Waals surface area contributed by atoms with Crippen molar-refractivity contribution in [1.29, 1.82) is 0 Å². The predicted molar refractivity (Wildman–Crippen MR) is 58.8 cm³/mol. The Hall–Kier alpha value is -1.39. The minimum absolute atomic E-state index is 0.0411. The highest BCUT2D eigenvalue weighted by molar-refractivity contribution is 5.76. The van der Waals surface area contributed by atoms with E-state index in [0.717, 1.165) is 0 Å². The Balaban J connectivity index is 4.40. The van der Waals surface area contributed by atoms with E-state index < -0.39 is 11.5 Å². The van der Waals surface area contributed by atoms with Crippen molar-refractivity contribution in [2.45, 2.75) is 46.1 Å². The fraction of sp³-hybridized carbons (Fsp3) is 0.727. The predicted octanol–water partition coefficient (Wildman–Crippen LogP) is 0.813. The number of nitrogens with one attached hydrogen (secondary N) is 1. The van der Waals surface area contributed by atoms with E-state index in [2.05, 4.69) is 5.32 Å². The van der Waals surface area contributed by atoms with Crippen LogP contribution in [0.1, 0.15) is 40.5 Å². The molecule has 0 fully saturated rings. The van der Waals surface area contributed by atoms with Crippen molar-refractivity contribution in [2.24, 2.45) is 0 Å². The third-order valence-corrected chi connectivity index (χ3v) is 2.10. The molecule has 1 N–H and O–H groups in total. The molecule has 0 bridgehead atoms. The lowest BCUT2D eigenvalue weighted by molar-refractivity contribution is -0.144.